The minimum atomic E-state index is -0.495. The number of carbonyl (C=O) groups excluding carboxylic acids is 1. The molecule has 0 fully saturated rings. The van der Waals surface area contributed by atoms with E-state index in [4.69, 9.17) is 16.9 Å². The number of para-hydroxylation sites is 1. The number of carbonyl (C=O) groups is 1. The Kier molecular flexibility index (Phi) is 4.70. The molecule has 1 amide bonds. The number of nitriles is 1. The van der Waals surface area contributed by atoms with E-state index in [0.29, 0.717) is 10.7 Å². The number of hydrogen-bond donors (Lipinski definition) is 1. The summed E-state index contributed by atoms with van der Waals surface area (Å²) in [4.78, 5) is 16.1. The first kappa shape index (κ1) is 14.8. The van der Waals surface area contributed by atoms with E-state index in [1.165, 1.54) is 6.08 Å². The highest BCUT2D eigenvalue weighted by molar-refractivity contribution is 6.34. The van der Waals surface area contributed by atoms with E-state index >= 15 is 0 Å². The Labute approximate surface area is 127 Å². The number of anilines is 1. The normalized spacial score (nSPS) is 10.8. The molecule has 0 aliphatic rings. The van der Waals surface area contributed by atoms with Gasteiger partial charge in [-0.15, -0.1) is 0 Å². The molecule has 1 heterocycles. The van der Waals surface area contributed by atoms with Crippen LogP contribution >= 0.6 is 11.6 Å². The number of nitrogens with zero attached hydrogens (tertiary/aromatic N) is 2. The van der Waals surface area contributed by atoms with Gasteiger partial charge >= 0.3 is 0 Å². The highest BCUT2D eigenvalue weighted by atomic mass is 35.5. The van der Waals surface area contributed by atoms with Gasteiger partial charge in [0.2, 0.25) is 0 Å². The molecule has 21 heavy (non-hydrogen) atoms. The number of benzene rings is 1. The lowest BCUT2D eigenvalue weighted by atomic mass is 10.1. The standard InChI is InChI=1S/C16H12ClN3O/c1-11-3-2-4-14(17)15(11)20-16(21)13(10-18)9-12-5-7-19-8-6-12/h2-9H,1H3,(H,20,21)/b13-9+. The smallest absolute Gasteiger partial charge is 0.266 e. The third-order valence-electron chi connectivity index (χ3n) is 2.84. The van der Waals surface area contributed by atoms with E-state index in [2.05, 4.69) is 10.3 Å². The Morgan fingerprint density at radius 2 is 2.05 bits per heavy atom. The van der Waals surface area contributed by atoms with Crippen LogP contribution in [0.25, 0.3) is 6.08 Å². The molecule has 2 rings (SSSR count). The Bertz CT molecular complexity index is 713. The van der Waals surface area contributed by atoms with Gasteiger partial charge in [0, 0.05) is 12.4 Å². The average Bonchev–Trinajstić information content (AvgIpc) is 2.49. The van der Waals surface area contributed by atoms with E-state index in [1.807, 2.05) is 19.1 Å². The van der Waals surface area contributed by atoms with Crippen LogP contribution in [0.4, 0.5) is 5.69 Å². The van der Waals surface area contributed by atoms with Gasteiger partial charge in [-0.1, -0.05) is 23.7 Å². The molecule has 0 radical (unpaired) electrons. The highest BCUT2D eigenvalue weighted by Crippen LogP contribution is 2.25. The van der Waals surface area contributed by atoms with Crippen molar-refractivity contribution in [3.63, 3.8) is 0 Å². The number of aryl methyl sites for hydroxylation is 1. The first-order valence-electron chi connectivity index (χ1n) is 6.20. The molecule has 0 atom stereocenters. The number of pyridine rings is 1. The van der Waals surface area contributed by atoms with Crippen LogP contribution in [0.5, 0.6) is 0 Å². The van der Waals surface area contributed by atoms with Crippen molar-refractivity contribution in [3.05, 3.63) is 64.4 Å². The van der Waals surface area contributed by atoms with E-state index in [9.17, 15) is 4.79 Å². The molecule has 0 unspecified atom stereocenters. The summed E-state index contributed by atoms with van der Waals surface area (Å²) in [5.74, 6) is -0.495. The molecular formula is C16H12ClN3O. The van der Waals surface area contributed by atoms with E-state index in [1.54, 1.807) is 36.7 Å². The first-order valence-corrected chi connectivity index (χ1v) is 6.58. The van der Waals surface area contributed by atoms with Gasteiger partial charge in [0.1, 0.15) is 11.6 Å². The summed E-state index contributed by atoms with van der Waals surface area (Å²) >= 11 is 6.06. The molecule has 0 spiro atoms. The second kappa shape index (κ2) is 6.69. The Morgan fingerprint density at radius 3 is 2.67 bits per heavy atom. The molecular weight excluding hydrogens is 286 g/mol. The summed E-state index contributed by atoms with van der Waals surface area (Å²) in [7, 11) is 0. The molecule has 1 aromatic heterocycles. The van der Waals surface area contributed by atoms with Gasteiger partial charge in [-0.2, -0.15) is 5.26 Å². The predicted molar refractivity (Wildman–Crippen MR) is 82.6 cm³/mol. The van der Waals surface area contributed by atoms with Gasteiger partial charge in [0.15, 0.2) is 0 Å². The third kappa shape index (κ3) is 3.68. The summed E-state index contributed by atoms with van der Waals surface area (Å²) in [6.07, 6.45) is 4.69. The van der Waals surface area contributed by atoms with Gasteiger partial charge in [0.05, 0.1) is 10.7 Å². The van der Waals surface area contributed by atoms with Crippen molar-refractivity contribution in [2.24, 2.45) is 0 Å². The van der Waals surface area contributed by atoms with Gasteiger partial charge < -0.3 is 5.32 Å². The lowest BCUT2D eigenvalue weighted by Crippen LogP contribution is -2.14. The van der Waals surface area contributed by atoms with Crippen LogP contribution < -0.4 is 5.32 Å². The molecule has 4 nitrogen and oxygen atoms in total. The van der Waals surface area contributed by atoms with Crippen LogP contribution in [-0.2, 0) is 4.79 Å². The lowest BCUT2D eigenvalue weighted by Gasteiger charge is -2.09. The Hall–Kier alpha value is -2.64. The molecule has 0 bridgehead atoms. The fourth-order valence-electron chi connectivity index (χ4n) is 1.75. The first-order chi connectivity index (χ1) is 10.1. The number of halogens is 1. The van der Waals surface area contributed by atoms with Gasteiger partial charge in [-0.05, 0) is 42.3 Å². The van der Waals surface area contributed by atoms with Crippen LogP contribution in [0.15, 0.2) is 48.3 Å². The van der Waals surface area contributed by atoms with E-state index < -0.39 is 5.91 Å². The van der Waals surface area contributed by atoms with Crippen molar-refractivity contribution < 1.29 is 4.79 Å². The number of nitrogens with one attached hydrogen (secondary N) is 1. The SMILES string of the molecule is Cc1cccc(Cl)c1NC(=O)/C(C#N)=C/c1ccncc1. The number of hydrogen-bond acceptors (Lipinski definition) is 3. The molecule has 5 heteroatoms. The summed E-state index contributed by atoms with van der Waals surface area (Å²) in [6.45, 7) is 1.83. The highest BCUT2D eigenvalue weighted by Gasteiger charge is 2.12. The summed E-state index contributed by atoms with van der Waals surface area (Å²) in [5.41, 5.74) is 2.07. The van der Waals surface area contributed by atoms with Crippen molar-refractivity contribution in [2.45, 2.75) is 6.92 Å². The van der Waals surface area contributed by atoms with Crippen molar-refractivity contribution >= 4 is 29.3 Å². The summed E-state index contributed by atoms with van der Waals surface area (Å²) in [6, 6.07) is 10.6. The zero-order chi connectivity index (χ0) is 15.2. The fraction of sp³-hybridized carbons (Fsp3) is 0.0625. The number of amides is 1. The maximum absolute atomic E-state index is 12.2. The van der Waals surface area contributed by atoms with E-state index in [-0.39, 0.29) is 5.57 Å². The largest absolute Gasteiger partial charge is 0.320 e. The Balaban J connectivity index is 2.27. The predicted octanol–water partition coefficient (Wildman–Crippen LogP) is 3.59. The van der Waals surface area contributed by atoms with Crippen LogP contribution in [0, 0.1) is 18.3 Å². The fourth-order valence-corrected chi connectivity index (χ4v) is 2.02. The molecule has 2 aromatic rings. The molecule has 0 saturated carbocycles. The zero-order valence-corrected chi connectivity index (χ0v) is 12.1. The minimum Gasteiger partial charge on any atom is -0.320 e. The van der Waals surface area contributed by atoms with Crippen molar-refractivity contribution in [1.82, 2.24) is 4.98 Å². The van der Waals surface area contributed by atoms with Crippen molar-refractivity contribution in [2.75, 3.05) is 5.32 Å². The Morgan fingerprint density at radius 1 is 1.33 bits per heavy atom. The maximum Gasteiger partial charge on any atom is 0.266 e. The summed E-state index contributed by atoms with van der Waals surface area (Å²) < 4.78 is 0. The zero-order valence-electron chi connectivity index (χ0n) is 11.3. The van der Waals surface area contributed by atoms with Gasteiger partial charge in [-0.25, -0.2) is 0 Å². The third-order valence-corrected chi connectivity index (χ3v) is 3.16. The molecule has 0 aliphatic heterocycles. The van der Waals surface area contributed by atoms with Crippen molar-refractivity contribution in [3.8, 4) is 6.07 Å². The number of aromatic nitrogens is 1. The molecule has 1 aromatic carbocycles. The van der Waals surface area contributed by atoms with Crippen LogP contribution in [0.1, 0.15) is 11.1 Å². The summed E-state index contributed by atoms with van der Waals surface area (Å²) in [5, 5.41) is 12.3. The van der Waals surface area contributed by atoms with Crippen LogP contribution in [0.3, 0.4) is 0 Å². The minimum absolute atomic E-state index is 0.000481. The second-order valence-corrected chi connectivity index (χ2v) is 4.74. The van der Waals surface area contributed by atoms with Gasteiger partial charge in [0.25, 0.3) is 5.91 Å². The van der Waals surface area contributed by atoms with E-state index in [0.717, 1.165) is 11.1 Å². The molecule has 0 saturated heterocycles. The molecule has 1 N–H and O–H groups in total. The maximum atomic E-state index is 12.2. The topological polar surface area (TPSA) is 65.8 Å². The van der Waals surface area contributed by atoms with Crippen LogP contribution in [-0.4, -0.2) is 10.9 Å². The lowest BCUT2D eigenvalue weighted by molar-refractivity contribution is -0.112. The number of rotatable bonds is 3. The second-order valence-electron chi connectivity index (χ2n) is 4.34. The monoisotopic (exact) mass is 297 g/mol. The van der Waals surface area contributed by atoms with Gasteiger partial charge in [-0.3, -0.25) is 9.78 Å². The van der Waals surface area contributed by atoms with Crippen molar-refractivity contribution in [1.29, 1.82) is 5.26 Å². The molecule has 104 valence electrons. The molecule has 0 aliphatic carbocycles. The van der Waals surface area contributed by atoms with Crippen LogP contribution in [0.2, 0.25) is 5.02 Å². The average molecular weight is 298 g/mol. The quantitative estimate of drug-likeness (QED) is 0.695.